The summed E-state index contributed by atoms with van der Waals surface area (Å²) in [6.45, 7) is 0.899. The van der Waals surface area contributed by atoms with Gasteiger partial charge in [0.15, 0.2) is 0 Å². The zero-order valence-corrected chi connectivity index (χ0v) is 11.5. The molecule has 1 nitrogen and oxygen atoms in total. The van der Waals surface area contributed by atoms with Crippen LogP contribution in [0.15, 0.2) is 0 Å². The quantitative estimate of drug-likeness (QED) is 0.748. The summed E-state index contributed by atoms with van der Waals surface area (Å²) >= 11 is 0. The highest BCUT2D eigenvalue weighted by Gasteiger charge is 2.30. The Morgan fingerprint density at radius 1 is 0.765 bits per heavy atom. The average Bonchev–Trinajstić information content (AvgIpc) is 2.42. The van der Waals surface area contributed by atoms with Crippen LogP contribution in [-0.4, -0.2) is 6.54 Å². The minimum Gasteiger partial charge on any atom is -0.330 e. The van der Waals surface area contributed by atoms with Crippen molar-refractivity contribution < 1.29 is 0 Å². The fraction of sp³-hybridized carbons (Fsp3) is 1.00. The predicted octanol–water partition coefficient (Wildman–Crippen LogP) is 4.50. The average molecular weight is 237 g/mol. The minimum atomic E-state index is 0.899. The van der Waals surface area contributed by atoms with Crippen LogP contribution in [0.25, 0.3) is 0 Å². The van der Waals surface area contributed by atoms with Crippen LogP contribution in [-0.2, 0) is 0 Å². The molecule has 0 amide bonds. The van der Waals surface area contributed by atoms with Crippen molar-refractivity contribution in [3.05, 3.63) is 0 Å². The maximum absolute atomic E-state index is 5.74. The maximum Gasteiger partial charge on any atom is -0.00772 e. The zero-order chi connectivity index (χ0) is 11.9. The van der Waals surface area contributed by atoms with Gasteiger partial charge in [0, 0.05) is 0 Å². The lowest BCUT2D eigenvalue weighted by atomic mass is 9.68. The van der Waals surface area contributed by atoms with E-state index in [2.05, 4.69) is 0 Å². The van der Waals surface area contributed by atoms with Gasteiger partial charge in [-0.05, 0) is 37.1 Å². The second-order valence-corrected chi connectivity index (χ2v) is 6.39. The van der Waals surface area contributed by atoms with Crippen molar-refractivity contribution in [2.24, 2.45) is 23.5 Å². The summed E-state index contributed by atoms with van der Waals surface area (Å²) in [5.74, 6) is 3.14. The molecule has 0 radical (unpaired) electrons. The summed E-state index contributed by atoms with van der Waals surface area (Å²) in [4.78, 5) is 0. The van der Waals surface area contributed by atoms with Crippen molar-refractivity contribution in [1.82, 2.24) is 0 Å². The molecular weight excluding hydrogens is 206 g/mol. The van der Waals surface area contributed by atoms with Crippen LogP contribution in [0.5, 0.6) is 0 Å². The van der Waals surface area contributed by atoms with Crippen molar-refractivity contribution in [3.63, 3.8) is 0 Å². The molecule has 100 valence electrons. The van der Waals surface area contributed by atoms with Gasteiger partial charge in [-0.2, -0.15) is 0 Å². The maximum atomic E-state index is 5.74. The van der Waals surface area contributed by atoms with E-state index in [0.29, 0.717) is 0 Å². The number of hydrogen-bond acceptors (Lipinski definition) is 1. The smallest absolute Gasteiger partial charge is 0.00772 e. The molecule has 2 aliphatic rings. The van der Waals surface area contributed by atoms with E-state index in [1.54, 1.807) is 0 Å². The number of nitrogens with two attached hydrogens (primary N) is 1. The SMILES string of the molecule is NCCCC(C1CCCCC1)C1CCCCC1. The van der Waals surface area contributed by atoms with Gasteiger partial charge in [0.25, 0.3) is 0 Å². The Kier molecular flexibility index (Phi) is 5.84. The number of rotatable bonds is 5. The van der Waals surface area contributed by atoms with E-state index in [0.717, 1.165) is 24.3 Å². The van der Waals surface area contributed by atoms with Crippen molar-refractivity contribution in [3.8, 4) is 0 Å². The lowest BCUT2D eigenvalue weighted by molar-refractivity contribution is 0.133. The van der Waals surface area contributed by atoms with Crippen molar-refractivity contribution in [1.29, 1.82) is 0 Å². The molecule has 0 spiro atoms. The summed E-state index contributed by atoms with van der Waals surface area (Å²) in [5, 5.41) is 0. The van der Waals surface area contributed by atoms with Gasteiger partial charge in [0.2, 0.25) is 0 Å². The lowest BCUT2D eigenvalue weighted by Gasteiger charge is -2.38. The molecule has 2 saturated carbocycles. The third-order valence-electron chi connectivity index (χ3n) is 5.25. The molecule has 0 heterocycles. The molecule has 0 bridgehead atoms. The molecule has 0 aliphatic heterocycles. The van der Waals surface area contributed by atoms with E-state index < -0.39 is 0 Å². The minimum absolute atomic E-state index is 0.899. The Hall–Kier alpha value is -0.0400. The largest absolute Gasteiger partial charge is 0.330 e. The second-order valence-electron chi connectivity index (χ2n) is 6.39. The standard InChI is InChI=1S/C16H31N/c17-13-7-12-16(14-8-3-1-4-9-14)15-10-5-2-6-11-15/h14-16H,1-13,17H2. The molecular formula is C16H31N. The molecule has 0 aromatic carbocycles. The summed E-state index contributed by atoms with van der Waals surface area (Å²) in [7, 11) is 0. The van der Waals surface area contributed by atoms with Crippen LogP contribution < -0.4 is 5.73 Å². The molecule has 2 rings (SSSR count). The van der Waals surface area contributed by atoms with Crippen LogP contribution in [0.4, 0.5) is 0 Å². The second kappa shape index (κ2) is 7.41. The Morgan fingerprint density at radius 2 is 1.24 bits per heavy atom. The van der Waals surface area contributed by atoms with Crippen molar-refractivity contribution in [2.45, 2.75) is 77.0 Å². The third-order valence-corrected chi connectivity index (χ3v) is 5.25. The van der Waals surface area contributed by atoms with Crippen LogP contribution in [0.1, 0.15) is 77.0 Å². The molecule has 0 atom stereocenters. The molecule has 0 aromatic rings. The van der Waals surface area contributed by atoms with E-state index in [1.165, 1.54) is 77.0 Å². The highest BCUT2D eigenvalue weighted by Crippen LogP contribution is 2.41. The summed E-state index contributed by atoms with van der Waals surface area (Å²) < 4.78 is 0. The molecule has 0 aromatic heterocycles. The highest BCUT2D eigenvalue weighted by atomic mass is 14.5. The van der Waals surface area contributed by atoms with E-state index in [1.807, 2.05) is 0 Å². The van der Waals surface area contributed by atoms with Crippen LogP contribution in [0, 0.1) is 17.8 Å². The molecule has 2 aliphatic carbocycles. The topological polar surface area (TPSA) is 26.0 Å². The molecule has 1 heteroatoms. The predicted molar refractivity (Wildman–Crippen MR) is 74.9 cm³/mol. The molecule has 0 saturated heterocycles. The molecule has 2 N–H and O–H groups in total. The fourth-order valence-corrected chi connectivity index (χ4v) is 4.33. The Balaban J connectivity index is 1.90. The Morgan fingerprint density at radius 3 is 1.65 bits per heavy atom. The van der Waals surface area contributed by atoms with Gasteiger partial charge < -0.3 is 5.73 Å². The van der Waals surface area contributed by atoms with Gasteiger partial charge in [-0.3, -0.25) is 0 Å². The first kappa shape index (κ1) is 13.4. The van der Waals surface area contributed by atoms with E-state index in [-0.39, 0.29) is 0 Å². The van der Waals surface area contributed by atoms with E-state index in [9.17, 15) is 0 Å². The van der Waals surface area contributed by atoms with E-state index >= 15 is 0 Å². The summed E-state index contributed by atoms with van der Waals surface area (Å²) in [6, 6.07) is 0. The van der Waals surface area contributed by atoms with Gasteiger partial charge in [0.1, 0.15) is 0 Å². The highest BCUT2D eigenvalue weighted by molar-refractivity contribution is 4.81. The van der Waals surface area contributed by atoms with Crippen LogP contribution in [0.2, 0.25) is 0 Å². The summed E-state index contributed by atoms with van der Waals surface area (Å²) in [6.07, 6.45) is 17.7. The third kappa shape index (κ3) is 3.98. The molecule has 17 heavy (non-hydrogen) atoms. The molecule has 0 unspecified atom stereocenters. The first-order chi connectivity index (χ1) is 8.42. The van der Waals surface area contributed by atoms with E-state index in [4.69, 9.17) is 5.73 Å². The number of hydrogen-bond donors (Lipinski definition) is 1. The Labute approximate surface area is 108 Å². The van der Waals surface area contributed by atoms with Gasteiger partial charge in [-0.15, -0.1) is 0 Å². The van der Waals surface area contributed by atoms with Crippen molar-refractivity contribution >= 4 is 0 Å². The first-order valence-corrected chi connectivity index (χ1v) is 8.12. The Bertz CT molecular complexity index is 172. The molecule has 2 fully saturated rings. The fourth-order valence-electron chi connectivity index (χ4n) is 4.33. The van der Waals surface area contributed by atoms with Gasteiger partial charge in [-0.25, -0.2) is 0 Å². The first-order valence-electron chi connectivity index (χ1n) is 8.12. The lowest BCUT2D eigenvalue weighted by Crippen LogP contribution is -2.27. The van der Waals surface area contributed by atoms with Gasteiger partial charge in [-0.1, -0.05) is 64.2 Å². The van der Waals surface area contributed by atoms with Gasteiger partial charge in [0.05, 0.1) is 0 Å². The van der Waals surface area contributed by atoms with Crippen molar-refractivity contribution in [2.75, 3.05) is 6.54 Å². The normalized spacial score (nSPS) is 24.4. The summed E-state index contributed by atoms with van der Waals surface area (Å²) in [5.41, 5.74) is 5.74. The van der Waals surface area contributed by atoms with Gasteiger partial charge >= 0.3 is 0 Å². The zero-order valence-electron chi connectivity index (χ0n) is 11.5. The van der Waals surface area contributed by atoms with Crippen LogP contribution >= 0.6 is 0 Å². The van der Waals surface area contributed by atoms with Crippen LogP contribution in [0.3, 0.4) is 0 Å². The monoisotopic (exact) mass is 237 g/mol.